The fourth-order valence-corrected chi connectivity index (χ4v) is 2.04. The van der Waals surface area contributed by atoms with Gasteiger partial charge >= 0.3 is 0 Å². The lowest BCUT2D eigenvalue weighted by atomic mass is 10.1. The van der Waals surface area contributed by atoms with Crippen LogP contribution in [0.1, 0.15) is 5.56 Å². The molecular weight excluding hydrogens is 232 g/mol. The Hall–Kier alpha value is -1.80. The van der Waals surface area contributed by atoms with Crippen molar-refractivity contribution in [2.45, 2.75) is 6.92 Å². The van der Waals surface area contributed by atoms with E-state index in [4.69, 9.17) is 11.6 Å². The largest absolute Gasteiger partial charge is 0.298 e. The number of aromatic nitrogens is 2. The first-order valence-corrected chi connectivity index (χ1v) is 5.81. The van der Waals surface area contributed by atoms with E-state index in [1.165, 1.54) is 5.56 Å². The summed E-state index contributed by atoms with van der Waals surface area (Å²) in [6.07, 6.45) is 3.74. The monoisotopic (exact) mass is 242 g/mol. The van der Waals surface area contributed by atoms with E-state index in [2.05, 4.69) is 36.2 Å². The third-order valence-corrected chi connectivity index (χ3v) is 3.02. The van der Waals surface area contributed by atoms with Crippen LogP contribution in [0.3, 0.4) is 0 Å². The zero-order valence-electron chi connectivity index (χ0n) is 9.39. The van der Waals surface area contributed by atoms with Crippen LogP contribution in [0, 0.1) is 6.92 Å². The summed E-state index contributed by atoms with van der Waals surface area (Å²) in [5.74, 6) is 0.919. The van der Waals surface area contributed by atoms with Crippen LogP contribution < -0.4 is 0 Å². The number of pyridine rings is 1. The fraction of sp³-hybridized carbons (Fsp3) is 0.0714. The molecule has 0 bridgehead atoms. The first kappa shape index (κ1) is 10.4. The van der Waals surface area contributed by atoms with Crippen LogP contribution in [0.4, 0.5) is 0 Å². The van der Waals surface area contributed by atoms with Crippen LogP contribution in [0.5, 0.6) is 0 Å². The molecule has 3 heteroatoms. The molecule has 2 nitrogen and oxygen atoms in total. The second-order valence-corrected chi connectivity index (χ2v) is 4.53. The van der Waals surface area contributed by atoms with Crippen molar-refractivity contribution < 1.29 is 0 Å². The zero-order chi connectivity index (χ0) is 11.8. The number of aryl methyl sites for hydroxylation is 1. The molecular formula is C14H11ClN2. The van der Waals surface area contributed by atoms with Crippen molar-refractivity contribution in [1.82, 2.24) is 9.38 Å². The number of halogens is 1. The molecule has 2 aromatic heterocycles. The number of hydrogen-bond donors (Lipinski definition) is 0. The second-order valence-electron chi connectivity index (χ2n) is 4.09. The molecule has 3 rings (SSSR count). The van der Waals surface area contributed by atoms with Crippen molar-refractivity contribution in [1.29, 1.82) is 0 Å². The highest BCUT2D eigenvalue weighted by Crippen LogP contribution is 2.21. The molecule has 0 saturated carbocycles. The molecule has 0 aliphatic heterocycles. The van der Waals surface area contributed by atoms with Crippen LogP contribution in [0.2, 0.25) is 5.02 Å². The molecule has 3 aromatic rings. The Kier molecular flexibility index (Phi) is 2.37. The molecule has 0 aliphatic carbocycles. The molecule has 17 heavy (non-hydrogen) atoms. The highest BCUT2D eigenvalue weighted by Gasteiger charge is 2.05. The Morgan fingerprint density at radius 3 is 2.59 bits per heavy atom. The van der Waals surface area contributed by atoms with E-state index in [9.17, 15) is 0 Å². The van der Waals surface area contributed by atoms with Crippen LogP contribution in [0.25, 0.3) is 16.9 Å². The van der Waals surface area contributed by atoms with Gasteiger partial charge in [-0.2, -0.15) is 0 Å². The molecule has 84 valence electrons. The second kappa shape index (κ2) is 3.90. The lowest BCUT2D eigenvalue weighted by Gasteiger charge is -2.02. The summed E-state index contributed by atoms with van der Waals surface area (Å²) in [6, 6.07) is 12.2. The minimum absolute atomic E-state index is 0.712. The minimum Gasteiger partial charge on any atom is -0.298 e. The Balaban J connectivity index is 2.23. The highest BCUT2D eigenvalue weighted by molar-refractivity contribution is 6.30. The van der Waals surface area contributed by atoms with Crippen molar-refractivity contribution in [3.8, 4) is 11.4 Å². The lowest BCUT2D eigenvalue weighted by Crippen LogP contribution is -1.89. The smallest absolute Gasteiger partial charge is 0.144 e. The number of nitrogens with zero attached hydrogens (tertiary/aromatic N) is 2. The number of fused-ring (bicyclic) bond motifs is 1. The molecule has 0 fully saturated rings. The Morgan fingerprint density at radius 1 is 1.06 bits per heavy atom. The third kappa shape index (κ3) is 1.81. The van der Waals surface area contributed by atoms with Crippen LogP contribution in [-0.2, 0) is 0 Å². The molecule has 0 N–H and O–H groups in total. The van der Waals surface area contributed by atoms with Gasteiger partial charge in [-0.05, 0) is 19.1 Å². The Morgan fingerprint density at radius 2 is 1.82 bits per heavy atom. The fourth-order valence-electron chi connectivity index (χ4n) is 1.88. The Labute approximate surface area is 104 Å². The van der Waals surface area contributed by atoms with Gasteiger partial charge in [-0.1, -0.05) is 41.4 Å². The van der Waals surface area contributed by atoms with Gasteiger partial charge in [0.1, 0.15) is 5.82 Å². The van der Waals surface area contributed by atoms with E-state index in [1.54, 1.807) is 0 Å². The first-order valence-electron chi connectivity index (χ1n) is 5.44. The van der Waals surface area contributed by atoms with E-state index in [0.29, 0.717) is 5.02 Å². The molecule has 2 heterocycles. The maximum Gasteiger partial charge on any atom is 0.144 e. The number of benzene rings is 1. The molecule has 0 saturated heterocycles. The standard InChI is InChI=1S/C14H11ClN2/c1-10-2-4-11(5-3-10)14-16-8-13-7-6-12(15)9-17(13)14/h2-9H,1H3. The first-order chi connectivity index (χ1) is 8.24. The van der Waals surface area contributed by atoms with Crippen LogP contribution >= 0.6 is 11.6 Å². The van der Waals surface area contributed by atoms with E-state index in [-0.39, 0.29) is 0 Å². The lowest BCUT2D eigenvalue weighted by molar-refractivity contribution is 1.16. The van der Waals surface area contributed by atoms with E-state index in [0.717, 1.165) is 16.9 Å². The quantitative estimate of drug-likeness (QED) is 0.631. The molecule has 0 atom stereocenters. The van der Waals surface area contributed by atoms with Gasteiger partial charge < -0.3 is 0 Å². The average molecular weight is 243 g/mol. The van der Waals surface area contributed by atoms with Gasteiger partial charge in [-0.15, -0.1) is 0 Å². The maximum absolute atomic E-state index is 6.01. The number of rotatable bonds is 1. The summed E-state index contributed by atoms with van der Waals surface area (Å²) in [5, 5.41) is 0.712. The van der Waals surface area contributed by atoms with Gasteiger partial charge in [0, 0.05) is 11.8 Å². The summed E-state index contributed by atoms with van der Waals surface area (Å²) in [6.45, 7) is 2.07. The topological polar surface area (TPSA) is 17.3 Å². The van der Waals surface area contributed by atoms with Crippen LogP contribution in [-0.4, -0.2) is 9.38 Å². The van der Waals surface area contributed by atoms with Gasteiger partial charge in [-0.25, -0.2) is 4.98 Å². The van der Waals surface area contributed by atoms with Crippen molar-refractivity contribution in [3.63, 3.8) is 0 Å². The maximum atomic E-state index is 6.01. The Bertz CT molecular complexity index is 668. The van der Waals surface area contributed by atoms with E-state index in [1.807, 2.05) is 28.9 Å². The minimum atomic E-state index is 0.712. The van der Waals surface area contributed by atoms with E-state index >= 15 is 0 Å². The number of hydrogen-bond acceptors (Lipinski definition) is 1. The third-order valence-electron chi connectivity index (χ3n) is 2.80. The van der Waals surface area contributed by atoms with Crippen molar-refractivity contribution in [2.75, 3.05) is 0 Å². The van der Waals surface area contributed by atoms with Crippen LogP contribution in [0.15, 0.2) is 48.8 Å². The van der Waals surface area contributed by atoms with Gasteiger partial charge in [0.2, 0.25) is 0 Å². The predicted molar refractivity (Wildman–Crippen MR) is 70.4 cm³/mol. The molecule has 1 aromatic carbocycles. The van der Waals surface area contributed by atoms with Gasteiger partial charge in [0.05, 0.1) is 16.7 Å². The summed E-state index contributed by atoms with van der Waals surface area (Å²) >= 11 is 6.01. The van der Waals surface area contributed by atoms with Gasteiger partial charge in [0.15, 0.2) is 0 Å². The van der Waals surface area contributed by atoms with Crippen molar-refractivity contribution >= 4 is 17.1 Å². The average Bonchev–Trinajstić information content (AvgIpc) is 2.73. The molecule has 0 unspecified atom stereocenters. The normalized spacial score (nSPS) is 10.9. The summed E-state index contributed by atoms with van der Waals surface area (Å²) in [5.41, 5.74) is 3.38. The highest BCUT2D eigenvalue weighted by atomic mass is 35.5. The van der Waals surface area contributed by atoms with Crippen molar-refractivity contribution in [2.24, 2.45) is 0 Å². The summed E-state index contributed by atoms with van der Waals surface area (Å²) in [4.78, 5) is 4.44. The van der Waals surface area contributed by atoms with Gasteiger partial charge in [-0.3, -0.25) is 4.40 Å². The predicted octanol–water partition coefficient (Wildman–Crippen LogP) is 3.96. The summed E-state index contributed by atoms with van der Waals surface area (Å²) < 4.78 is 2.01. The van der Waals surface area contributed by atoms with E-state index < -0.39 is 0 Å². The molecule has 0 aliphatic rings. The molecule has 0 spiro atoms. The summed E-state index contributed by atoms with van der Waals surface area (Å²) in [7, 11) is 0. The SMILES string of the molecule is Cc1ccc(-c2ncc3ccc(Cl)cn23)cc1. The molecule has 0 amide bonds. The zero-order valence-corrected chi connectivity index (χ0v) is 10.1. The van der Waals surface area contributed by atoms with Gasteiger partial charge in [0.25, 0.3) is 0 Å². The molecule has 0 radical (unpaired) electrons. The van der Waals surface area contributed by atoms with Crippen molar-refractivity contribution in [3.05, 3.63) is 59.4 Å². The number of imidazole rings is 1.